The van der Waals surface area contributed by atoms with Gasteiger partial charge in [-0.1, -0.05) is 37.3 Å². The molecule has 26 heavy (non-hydrogen) atoms. The molecular formula is C19H24N2O4S. The molecule has 1 aliphatic carbocycles. The first-order valence-corrected chi connectivity index (χ1v) is 9.94. The molecule has 0 aromatic heterocycles. The lowest BCUT2D eigenvalue weighted by Gasteiger charge is -2.14. The molecule has 1 aliphatic rings. The zero-order valence-electron chi connectivity index (χ0n) is 15.0. The van der Waals surface area contributed by atoms with E-state index < -0.39 is 15.9 Å². The highest BCUT2D eigenvalue weighted by Crippen LogP contribution is 2.29. The SMILES string of the molecule is CCC(=O)NS(=O)(=O)c1ccc(/C(CC2=CCCC=C2)=C(\C)ON)cc1. The van der Waals surface area contributed by atoms with Gasteiger partial charge in [-0.3, -0.25) is 4.79 Å². The van der Waals surface area contributed by atoms with E-state index >= 15 is 0 Å². The van der Waals surface area contributed by atoms with Gasteiger partial charge in [-0.2, -0.15) is 5.90 Å². The Morgan fingerprint density at radius 1 is 1.23 bits per heavy atom. The predicted molar refractivity (Wildman–Crippen MR) is 101 cm³/mol. The van der Waals surface area contributed by atoms with Crippen LogP contribution in [0.3, 0.4) is 0 Å². The summed E-state index contributed by atoms with van der Waals surface area (Å²) >= 11 is 0. The zero-order chi connectivity index (χ0) is 19.2. The van der Waals surface area contributed by atoms with Gasteiger partial charge in [0.05, 0.1) is 4.90 Å². The van der Waals surface area contributed by atoms with Crippen molar-refractivity contribution in [3.8, 4) is 0 Å². The summed E-state index contributed by atoms with van der Waals surface area (Å²) in [5, 5.41) is 0. The Hall–Kier alpha value is -2.38. The Kier molecular flexibility index (Phi) is 6.76. The van der Waals surface area contributed by atoms with Gasteiger partial charge in [0, 0.05) is 18.4 Å². The number of carbonyl (C=O) groups is 1. The Balaban J connectivity index is 2.29. The molecule has 0 atom stereocenters. The molecule has 3 N–H and O–H groups in total. The molecular weight excluding hydrogens is 352 g/mol. The first-order valence-electron chi connectivity index (χ1n) is 8.45. The fraction of sp³-hybridized carbons (Fsp3) is 0.316. The molecule has 0 saturated heterocycles. The number of sulfonamides is 1. The number of nitrogens with one attached hydrogen (secondary N) is 1. The highest BCUT2D eigenvalue weighted by molar-refractivity contribution is 7.90. The Morgan fingerprint density at radius 3 is 2.46 bits per heavy atom. The largest absolute Gasteiger partial charge is 0.416 e. The van der Waals surface area contributed by atoms with Crippen LogP contribution in [0.25, 0.3) is 5.57 Å². The van der Waals surface area contributed by atoms with Crippen molar-refractivity contribution in [2.24, 2.45) is 5.90 Å². The summed E-state index contributed by atoms with van der Waals surface area (Å²) in [7, 11) is -3.86. The maximum atomic E-state index is 12.2. The van der Waals surface area contributed by atoms with E-state index in [1.165, 1.54) is 12.1 Å². The molecule has 0 unspecified atom stereocenters. The summed E-state index contributed by atoms with van der Waals surface area (Å²) in [6, 6.07) is 6.32. The van der Waals surface area contributed by atoms with Crippen LogP contribution in [-0.4, -0.2) is 14.3 Å². The average Bonchev–Trinajstić information content (AvgIpc) is 2.66. The van der Waals surface area contributed by atoms with E-state index in [2.05, 4.69) is 18.2 Å². The molecule has 140 valence electrons. The lowest BCUT2D eigenvalue weighted by Crippen LogP contribution is -2.29. The summed E-state index contributed by atoms with van der Waals surface area (Å²) in [6.07, 6.45) is 9.13. The second kappa shape index (κ2) is 8.82. The van der Waals surface area contributed by atoms with Gasteiger partial charge in [0.25, 0.3) is 10.0 Å². The molecule has 0 radical (unpaired) electrons. The number of hydrogen-bond donors (Lipinski definition) is 2. The Morgan fingerprint density at radius 2 is 1.92 bits per heavy atom. The van der Waals surface area contributed by atoms with Gasteiger partial charge in [-0.15, -0.1) is 0 Å². The second-order valence-corrected chi connectivity index (χ2v) is 7.68. The molecule has 1 aromatic carbocycles. The van der Waals surface area contributed by atoms with Crippen molar-refractivity contribution in [1.82, 2.24) is 4.72 Å². The summed E-state index contributed by atoms with van der Waals surface area (Å²) in [6.45, 7) is 3.36. The van der Waals surface area contributed by atoms with Crippen molar-refractivity contribution in [3.63, 3.8) is 0 Å². The number of hydrogen-bond acceptors (Lipinski definition) is 5. The van der Waals surface area contributed by atoms with Gasteiger partial charge < -0.3 is 4.84 Å². The van der Waals surface area contributed by atoms with Gasteiger partial charge in [-0.25, -0.2) is 13.1 Å². The first kappa shape index (κ1) is 19.9. The molecule has 0 aliphatic heterocycles. The number of amides is 1. The highest BCUT2D eigenvalue weighted by atomic mass is 32.2. The van der Waals surface area contributed by atoms with Crippen LogP contribution in [0.5, 0.6) is 0 Å². The number of rotatable bonds is 7. The molecule has 1 amide bonds. The van der Waals surface area contributed by atoms with E-state index in [9.17, 15) is 13.2 Å². The highest BCUT2D eigenvalue weighted by Gasteiger charge is 2.17. The smallest absolute Gasteiger partial charge is 0.264 e. The van der Waals surface area contributed by atoms with Crippen LogP contribution in [0.4, 0.5) is 0 Å². The van der Waals surface area contributed by atoms with Crippen molar-refractivity contribution >= 4 is 21.5 Å². The van der Waals surface area contributed by atoms with Crippen molar-refractivity contribution in [1.29, 1.82) is 0 Å². The fourth-order valence-corrected chi connectivity index (χ4v) is 3.68. The monoisotopic (exact) mass is 376 g/mol. The van der Waals surface area contributed by atoms with E-state index in [1.54, 1.807) is 26.0 Å². The van der Waals surface area contributed by atoms with Crippen LogP contribution in [0.1, 0.15) is 45.1 Å². The zero-order valence-corrected chi connectivity index (χ0v) is 15.8. The van der Waals surface area contributed by atoms with E-state index in [1.807, 2.05) is 4.72 Å². The van der Waals surface area contributed by atoms with Crippen LogP contribution >= 0.6 is 0 Å². The molecule has 0 heterocycles. The van der Waals surface area contributed by atoms with E-state index in [0.717, 1.165) is 29.6 Å². The minimum Gasteiger partial charge on any atom is -0.416 e. The lowest BCUT2D eigenvalue weighted by atomic mass is 9.94. The van der Waals surface area contributed by atoms with Crippen molar-refractivity contribution < 1.29 is 18.0 Å². The number of benzene rings is 1. The Bertz CT molecular complexity index is 850. The molecule has 7 heteroatoms. The molecule has 2 rings (SSSR count). The summed E-state index contributed by atoms with van der Waals surface area (Å²) < 4.78 is 26.4. The predicted octanol–water partition coefficient (Wildman–Crippen LogP) is 3.19. The van der Waals surface area contributed by atoms with E-state index in [-0.39, 0.29) is 11.3 Å². The molecule has 0 spiro atoms. The van der Waals surface area contributed by atoms with Crippen LogP contribution in [0.2, 0.25) is 0 Å². The first-order chi connectivity index (χ1) is 12.4. The maximum Gasteiger partial charge on any atom is 0.264 e. The fourth-order valence-electron chi connectivity index (χ4n) is 2.62. The number of nitrogens with two attached hydrogens (primary N) is 1. The van der Waals surface area contributed by atoms with Crippen LogP contribution in [0.15, 0.2) is 58.7 Å². The third-order valence-electron chi connectivity index (χ3n) is 4.14. The Labute approximate surface area is 154 Å². The molecule has 6 nitrogen and oxygen atoms in total. The maximum absolute atomic E-state index is 12.2. The van der Waals surface area contributed by atoms with Gasteiger partial charge in [-0.05, 0) is 43.0 Å². The van der Waals surface area contributed by atoms with Gasteiger partial charge in [0.1, 0.15) is 5.76 Å². The van der Waals surface area contributed by atoms with E-state index in [4.69, 9.17) is 10.7 Å². The third-order valence-corrected chi connectivity index (χ3v) is 5.53. The third kappa shape index (κ3) is 5.06. The van der Waals surface area contributed by atoms with Gasteiger partial charge in [0.2, 0.25) is 5.91 Å². The van der Waals surface area contributed by atoms with Gasteiger partial charge in [0.15, 0.2) is 0 Å². The standard InChI is InChI=1S/C19H24N2O4S/c1-3-19(22)21-26(23,24)17-11-9-16(10-12-17)18(14(2)25-20)13-15-7-5-4-6-8-15/h5,7-12H,3-4,6,13,20H2,1-2H3,(H,21,22)/b18-14+. The van der Waals surface area contributed by atoms with Crippen molar-refractivity contribution in [2.45, 2.75) is 44.4 Å². The quantitative estimate of drug-likeness (QED) is 0.562. The topological polar surface area (TPSA) is 98.5 Å². The summed E-state index contributed by atoms with van der Waals surface area (Å²) in [5.74, 6) is 5.37. The van der Waals surface area contributed by atoms with Crippen LogP contribution < -0.4 is 10.6 Å². The lowest BCUT2D eigenvalue weighted by molar-refractivity contribution is -0.119. The minimum absolute atomic E-state index is 0.0329. The summed E-state index contributed by atoms with van der Waals surface area (Å²) in [4.78, 5) is 16.3. The van der Waals surface area contributed by atoms with E-state index in [0.29, 0.717) is 12.2 Å². The second-order valence-electron chi connectivity index (χ2n) is 5.99. The van der Waals surface area contributed by atoms with Crippen LogP contribution in [0, 0.1) is 0 Å². The molecule has 0 fully saturated rings. The minimum atomic E-state index is -3.86. The van der Waals surface area contributed by atoms with Gasteiger partial charge >= 0.3 is 0 Å². The molecule has 0 bridgehead atoms. The van der Waals surface area contributed by atoms with Crippen molar-refractivity contribution in [3.05, 3.63) is 59.4 Å². The van der Waals surface area contributed by atoms with Crippen LogP contribution in [-0.2, 0) is 19.7 Å². The average molecular weight is 376 g/mol. The molecule has 1 aromatic rings. The summed E-state index contributed by atoms with van der Waals surface area (Å²) in [5.41, 5.74) is 2.86. The number of allylic oxidation sites excluding steroid dienone is 6. The molecule has 0 saturated carbocycles. The number of carbonyl (C=O) groups excluding carboxylic acids is 1. The normalized spacial score (nSPS) is 15.1. The van der Waals surface area contributed by atoms with Crippen molar-refractivity contribution in [2.75, 3.05) is 0 Å².